The van der Waals surface area contributed by atoms with E-state index in [-0.39, 0.29) is 11.6 Å². The Morgan fingerprint density at radius 1 is 1.56 bits per heavy atom. The Morgan fingerprint density at radius 3 is 2.83 bits per heavy atom. The maximum atomic E-state index is 12.3. The Kier molecular flexibility index (Phi) is 3.22. The topological polar surface area (TPSA) is 90.5 Å². The summed E-state index contributed by atoms with van der Waals surface area (Å²) >= 11 is 0. The highest BCUT2D eigenvalue weighted by atomic mass is 16.5. The summed E-state index contributed by atoms with van der Waals surface area (Å²) in [5.41, 5.74) is 6.22. The second kappa shape index (κ2) is 4.67. The van der Waals surface area contributed by atoms with Gasteiger partial charge in [0, 0.05) is 19.8 Å². The minimum Gasteiger partial charge on any atom is -0.467 e. The van der Waals surface area contributed by atoms with Crippen molar-refractivity contribution in [2.24, 2.45) is 7.05 Å². The minimum absolute atomic E-state index is 0.188. The van der Waals surface area contributed by atoms with Gasteiger partial charge in [0.15, 0.2) is 5.69 Å². The van der Waals surface area contributed by atoms with Gasteiger partial charge in [-0.15, -0.1) is 0 Å². The molecule has 7 nitrogen and oxygen atoms in total. The number of rotatable bonds is 2. The summed E-state index contributed by atoms with van der Waals surface area (Å²) in [6.07, 6.45) is 2.96. The summed E-state index contributed by atoms with van der Waals surface area (Å²) < 4.78 is 6.17. The van der Waals surface area contributed by atoms with Crippen molar-refractivity contribution in [2.75, 3.05) is 19.4 Å². The van der Waals surface area contributed by atoms with Gasteiger partial charge in [-0.2, -0.15) is 5.10 Å². The van der Waals surface area contributed by atoms with Gasteiger partial charge in [0.2, 0.25) is 0 Å². The molecule has 7 heteroatoms. The molecule has 1 aliphatic heterocycles. The zero-order valence-corrected chi connectivity index (χ0v) is 10.4. The van der Waals surface area contributed by atoms with Crippen LogP contribution >= 0.6 is 0 Å². The monoisotopic (exact) mass is 252 g/mol. The molecule has 1 unspecified atom stereocenters. The van der Waals surface area contributed by atoms with Gasteiger partial charge in [-0.05, 0) is 12.8 Å². The number of nitrogens with zero attached hydrogens (tertiary/aromatic N) is 3. The lowest BCUT2D eigenvalue weighted by Crippen LogP contribution is -2.41. The molecule has 1 aromatic rings. The first-order valence-electron chi connectivity index (χ1n) is 5.72. The third-order valence-corrected chi connectivity index (χ3v) is 3.05. The molecule has 0 bridgehead atoms. The third kappa shape index (κ3) is 2.03. The first-order valence-corrected chi connectivity index (χ1v) is 5.72. The Labute approximate surface area is 104 Å². The summed E-state index contributed by atoms with van der Waals surface area (Å²) in [4.78, 5) is 25.3. The van der Waals surface area contributed by atoms with E-state index < -0.39 is 12.0 Å². The number of hydrogen-bond donors (Lipinski definition) is 1. The number of ether oxygens (including phenoxy) is 1. The highest BCUT2D eigenvalue weighted by Crippen LogP contribution is 2.22. The van der Waals surface area contributed by atoms with Crippen LogP contribution in [-0.2, 0) is 16.6 Å². The fourth-order valence-electron chi connectivity index (χ4n) is 2.20. The van der Waals surface area contributed by atoms with Crippen molar-refractivity contribution in [2.45, 2.75) is 18.9 Å². The zero-order chi connectivity index (χ0) is 13.3. The number of methoxy groups -OCH3 is 1. The summed E-state index contributed by atoms with van der Waals surface area (Å²) in [5, 5.41) is 4.02. The number of carbonyl (C=O) groups is 2. The maximum Gasteiger partial charge on any atom is 0.328 e. The predicted octanol–water partition coefficient (Wildman–Crippen LogP) is -0.220. The molecule has 0 aliphatic carbocycles. The molecule has 0 radical (unpaired) electrons. The SMILES string of the molecule is COC(=O)C1CCCN1C(=O)c1nn(C)cc1N. The number of amides is 1. The second-order valence-corrected chi connectivity index (χ2v) is 4.29. The van der Waals surface area contributed by atoms with E-state index in [9.17, 15) is 9.59 Å². The van der Waals surface area contributed by atoms with E-state index in [1.54, 1.807) is 13.2 Å². The van der Waals surface area contributed by atoms with Gasteiger partial charge in [0.05, 0.1) is 12.8 Å². The lowest BCUT2D eigenvalue weighted by molar-refractivity contribution is -0.145. The lowest BCUT2D eigenvalue weighted by Gasteiger charge is -2.21. The molecule has 2 rings (SSSR count). The van der Waals surface area contributed by atoms with E-state index in [0.29, 0.717) is 18.7 Å². The first kappa shape index (κ1) is 12.4. The van der Waals surface area contributed by atoms with Crippen LogP contribution in [0.4, 0.5) is 5.69 Å². The predicted molar refractivity (Wildman–Crippen MR) is 63.7 cm³/mol. The van der Waals surface area contributed by atoms with Crippen molar-refractivity contribution < 1.29 is 14.3 Å². The molecule has 2 heterocycles. The zero-order valence-electron chi connectivity index (χ0n) is 10.4. The molecule has 0 saturated carbocycles. The van der Waals surface area contributed by atoms with Gasteiger partial charge in [-0.3, -0.25) is 9.48 Å². The lowest BCUT2D eigenvalue weighted by atomic mass is 10.2. The average molecular weight is 252 g/mol. The summed E-state index contributed by atoms with van der Waals surface area (Å²) in [5.74, 6) is -0.712. The molecule has 1 amide bonds. The van der Waals surface area contributed by atoms with Crippen LogP contribution < -0.4 is 5.73 Å². The number of carbonyl (C=O) groups excluding carboxylic acids is 2. The van der Waals surface area contributed by atoms with E-state index in [2.05, 4.69) is 5.10 Å². The molecule has 0 spiro atoms. The number of aryl methyl sites for hydroxylation is 1. The maximum absolute atomic E-state index is 12.3. The molecule has 1 atom stereocenters. The Hall–Kier alpha value is -2.05. The van der Waals surface area contributed by atoms with Crippen LogP contribution in [0.2, 0.25) is 0 Å². The van der Waals surface area contributed by atoms with E-state index in [0.717, 1.165) is 6.42 Å². The number of esters is 1. The van der Waals surface area contributed by atoms with Crippen molar-refractivity contribution in [3.05, 3.63) is 11.9 Å². The molecule has 1 saturated heterocycles. The second-order valence-electron chi connectivity index (χ2n) is 4.29. The van der Waals surface area contributed by atoms with Crippen molar-refractivity contribution in [3.8, 4) is 0 Å². The summed E-state index contributed by atoms with van der Waals surface area (Å²) in [6.45, 7) is 0.522. The molecular formula is C11H16N4O3. The van der Waals surface area contributed by atoms with Crippen molar-refractivity contribution in [3.63, 3.8) is 0 Å². The number of anilines is 1. The molecular weight excluding hydrogens is 236 g/mol. The van der Waals surface area contributed by atoms with Crippen molar-refractivity contribution >= 4 is 17.6 Å². The average Bonchev–Trinajstić information content (AvgIpc) is 2.94. The normalized spacial score (nSPS) is 19.0. The highest BCUT2D eigenvalue weighted by molar-refractivity contribution is 5.99. The van der Waals surface area contributed by atoms with Gasteiger partial charge in [0.25, 0.3) is 5.91 Å². The molecule has 0 aromatic carbocycles. The number of nitrogen functional groups attached to an aromatic ring is 1. The Balaban J connectivity index is 2.23. The largest absolute Gasteiger partial charge is 0.467 e. The standard InChI is InChI=1S/C11H16N4O3/c1-14-6-7(12)9(13-14)10(16)15-5-3-4-8(15)11(17)18-2/h6,8H,3-5,12H2,1-2H3. The first-order chi connectivity index (χ1) is 8.54. The fourth-order valence-corrected chi connectivity index (χ4v) is 2.20. The van der Waals surface area contributed by atoms with Crippen LogP contribution in [0.5, 0.6) is 0 Å². The Morgan fingerprint density at radius 2 is 2.28 bits per heavy atom. The number of likely N-dealkylation sites (tertiary alicyclic amines) is 1. The molecule has 1 aliphatic rings. The van der Waals surface area contributed by atoms with Gasteiger partial charge in [-0.1, -0.05) is 0 Å². The van der Waals surface area contributed by atoms with Gasteiger partial charge in [-0.25, -0.2) is 4.79 Å². The molecule has 98 valence electrons. The summed E-state index contributed by atoms with van der Waals surface area (Å²) in [7, 11) is 3.01. The van der Waals surface area contributed by atoms with Crippen LogP contribution in [0.1, 0.15) is 23.3 Å². The van der Waals surface area contributed by atoms with Gasteiger partial charge < -0.3 is 15.4 Å². The fraction of sp³-hybridized carbons (Fsp3) is 0.545. The van der Waals surface area contributed by atoms with E-state index in [4.69, 9.17) is 10.5 Å². The summed E-state index contributed by atoms with van der Waals surface area (Å²) in [6, 6.07) is -0.524. The smallest absolute Gasteiger partial charge is 0.328 e. The molecule has 2 N–H and O–H groups in total. The van der Waals surface area contributed by atoms with E-state index >= 15 is 0 Å². The number of nitrogens with two attached hydrogens (primary N) is 1. The van der Waals surface area contributed by atoms with Crippen molar-refractivity contribution in [1.29, 1.82) is 0 Å². The van der Waals surface area contributed by atoms with Crippen LogP contribution in [0, 0.1) is 0 Å². The number of aromatic nitrogens is 2. The number of hydrogen-bond acceptors (Lipinski definition) is 5. The van der Waals surface area contributed by atoms with Crippen LogP contribution in [0.15, 0.2) is 6.20 Å². The van der Waals surface area contributed by atoms with Gasteiger partial charge in [0.1, 0.15) is 6.04 Å². The third-order valence-electron chi connectivity index (χ3n) is 3.05. The Bertz CT molecular complexity index is 483. The molecule has 1 fully saturated rings. The van der Waals surface area contributed by atoms with Crippen LogP contribution in [0.25, 0.3) is 0 Å². The molecule has 1 aromatic heterocycles. The highest BCUT2D eigenvalue weighted by Gasteiger charge is 2.36. The quantitative estimate of drug-likeness (QED) is 0.735. The van der Waals surface area contributed by atoms with E-state index in [1.165, 1.54) is 16.7 Å². The van der Waals surface area contributed by atoms with Crippen molar-refractivity contribution in [1.82, 2.24) is 14.7 Å². The molecule has 18 heavy (non-hydrogen) atoms. The van der Waals surface area contributed by atoms with Crippen LogP contribution in [-0.4, -0.2) is 46.3 Å². The van der Waals surface area contributed by atoms with Gasteiger partial charge >= 0.3 is 5.97 Å². The van der Waals surface area contributed by atoms with E-state index in [1.807, 2.05) is 0 Å². The minimum atomic E-state index is -0.524. The van der Waals surface area contributed by atoms with Crippen LogP contribution in [0.3, 0.4) is 0 Å².